The standard InChI is InChI=1S/C23H25N3O4/c1-3-30-19-10-5-4-9-18(19)24-20(27)14-26-21(28)23(2,25-22(26)29)17-12-11-15-7-6-8-16(15)13-17/h4-5,9-13H,3,6-8,14H2,1-2H3,(H,24,27)(H,25,29)/t23-/m0/s1. The van der Waals surface area contributed by atoms with E-state index in [4.69, 9.17) is 4.74 Å². The van der Waals surface area contributed by atoms with Gasteiger partial charge in [-0.15, -0.1) is 0 Å². The molecule has 1 atom stereocenters. The highest BCUT2D eigenvalue weighted by Gasteiger charge is 2.49. The molecular formula is C23H25N3O4. The molecule has 30 heavy (non-hydrogen) atoms. The van der Waals surface area contributed by atoms with Crippen LogP contribution in [0.4, 0.5) is 10.5 Å². The zero-order valence-electron chi connectivity index (χ0n) is 17.2. The molecule has 7 heteroatoms. The average Bonchev–Trinajstić information content (AvgIpc) is 3.28. The van der Waals surface area contributed by atoms with Crippen LogP contribution in [0.2, 0.25) is 0 Å². The van der Waals surface area contributed by atoms with Crippen molar-refractivity contribution in [1.29, 1.82) is 0 Å². The zero-order valence-corrected chi connectivity index (χ0v) is 17.2. The lowest BCUT2D eigenvalue weighted by atomic mass is 9.89. The molecule has 7 nitrogen and oxygen atoms in total. The molecule has 0 saturated carbocycles. The molecule has 0 unspecified atom stereocenters. The molecule has 1 saturated heterocycles. The Balaban J connectivity index is 1.50. The number of rotatable bonds is 6. The monoisotopic (exact) mass is 407 g/mol. The highest BCUT2D eigenvalue weighted by Crippen LogP contribution is 2.32. The van der Waals surface area contributed by atoms with Gasteiger partial charge in [0.05, 0.1) is 12.3 Å². The summed E-state index contributed by atoms with van der Waals surface area (Å²) in [5.41, 5.74) is 2.57. The second kappa shape index (κ2) is 7.82. The largest absolute Gasteiger partial charge is 0.492 e. The lowest BCUT2D eigenvalue weighted by molar-refractivity contribution is -0.133. The van der Waals surface area contributed by atoms with Crippen molar-refractivity contribution in [2.24, 2.45) is 0 Å². The topological polar surface area (TPSA) is 87.7 Å². The summed E-state index contributed by atoms with van der Waals surface area (Å²) < 4.78 is 5.50. The number of amides is 4. The number of benzene rings is 2. The highest BCUT2D eigenvalue weighted by molar-refractivity contribution is 6.10. The quantitative estimate of drug-likeness (QED) is 0.721. The number of para-hydroxylation sites is 2. The van der Waals surface area contributed by atoms with Crippen LogP contribution in [-0.2, 0) is 28.0 Å². The van der Waals surface area contributed by atoms with Crippen LogP contribution in [0.25, 0.3) is 0 Å². The summed E-state index contributed by atoms with van der Waals surface area (Å²) in [7, 11) is 0. The Morgan fingerprint density at radius 1 is 1.17 bits per heavy atom. The molecule has 4 amide bonds. The predicted octanol–water partition coefficient (Wildman–Crippen LogP) is 2.98. The lowest BCUT2D eigenvalue weighted by Crippen LogP contribution is -2.42. The summed E-state index contributed by atoms with van der Waals surface area (Å²) in [5.74, 6) is -0.365. The van der Waals surface area contributed by atoms with Crippen LogP contribution in [0.3, 0.4) is 0 Å². The number of nitrogens with one attached hydrogen (secondary N) is 2. The van der Waals surface area contributed by atoms with E-state index in [-0.39, 0.29) is 6.54 Å². The average molecular weight is 407 g/mol. The van der Waals surface area contributed by atoms with Gasteiger partial charge >= 0.3 is 6.03 Å². The summed E-state index contributed by atoms with van der Waals surface area (Å²) in [6.07, 6.45) is 3.13. The first kappa shape index (κ1) is 19.9. The molecule has 0 aromatic heterocycles. The van der Waals surface area contributed by atoms with Crippen LogP contribution >= 0.6 is 0 Å². The van der Waals surface area contributed by atoms with Crippen LogP contribution < -0.4 is 15.4 Å². The maximum Gasteiger partial charge on any atom is 0.325 e. The van der Waals surface area contributed by atoms with Gasteiger partial charge in [0.15, 0.2) is 0 Å². The molecule has 2 N–H and O–H groups in total. The van der Waals surface area contributed by atoms with Crippen molar-refractivity contribution >= 4 is 23.5 Å². The molecule has 2 aromatic rings. The molecule has 2 aliphatic rings. The molecule has 1 aliphatic heterocycles. The van der Waals surface area contributed by atoms with Crippen molar-refractivity contribution in [3.8, 4) is 5.75 Å². The minimum Gasteiger partial charge on any atom is -0.492 e. The van der Waals surface area contributed by atoms with Gasteiger partial charge in [-0.3, -0.25) is 14.5 Å². The SMILES string of the molecule is CCOc1ccccc1NC(=O)CN1C(=O)N[C@@](C)(c2ccc3c(c2)CCC3)C1=O. The molecule has 156 valence electrons. The molecule has 4 rings (SSSR count). The Labute approximate surface area is 175 Å². The van der Waals surface area contributed by atoms with Gasteiger partial charge < -0.3 is 15.4 Å². The van der Waals surface area contributed by atoms with E-state index in [0.29, 0.717) is 18.0 Å². The Morgan fingerprint density at radius 2 is 1.93 bits per heavy atom. The summed E-state index contributed by atoms with van der Waals surface area (Å²) >= 11 is 0. The fraction of sp³-hybridized carbons (Fsp3) is 0.348. The number of hydrogen-bond donors (Lipinski definition) is 2. The number of carbonyl (C=O) groups excluding carboxylic acids is 3. The number of carbonyl (C=O) groups is 3. The fourth-order valence-corrected chi connectivity index (χ4v) is 4.10. The van der Waals surface area contributed by atoms with E-state index in [1.807, 2.05) is 25.1 Å². The van der Waals surface area contributed by atoms with E-state index < -0.39 is 23.4 Å². The van der Waals surface area contributed by atoms with Crippen LogP contribution in [0.5, 0.6) is 5.75 Å². The van der Waals surface area contributed by atoms with Gasteiger partial charge in [0.2, 0.25) is 5.91 Å². The fourth-order valence-electron chi connectivity index (χ4n) is 4.10. The summed E-state index contributed by atoms with van der Waals surface area (Å²) in [5, 5.41) is 5.50. The number of ether oxygens (including phenoxy) is 1. The van der Waals surface area contributed by atoms with E-state index in [1.165, 1.54) is 11.1 Å². The van der Waals surface area contributed by atoms with Crippen LogP contribution in [0.1, 0.15) is 37.0 Å². The molecular weight excluding hydrogens is 382 g/mol. The first-order valence-electron chi connectivity index (χ1n) is 10.2. The molecule has 1 fully saturated rings. The molecule has 1 aliphatic carbocycles. The van der Waals surface area contributed by atoms with E-state index in [9.17, 15) is 14.4 Å². The third-order valence-electron chi connectivity index (χ3n) is 5.71. The van der Waals surface area contributed by atoms with Gasteiger partial charge in [0.25, 0.3) is 5.91 Å². The smallest absolute Gasteiger partial charge is 0.325 e. The first-order chi connectivity index (χ1) is 14.4. The van der Waals surface area contributed by atoms with Gasteiger partial charge in [-0.2, -0.15) is 0 Å². The van der Waals surface area contributed by atoms with E-state index in [2.05, 4.69) is 10.6 Å². The minimum atomic E-state index is -1.18. The number of aryl methyl sites for hydroxylation is 2. The van der Waals surface area contributed by atoms with Crippen LogP contribution in [0, 0.1) is 0 Å². The number of imide groups is 1. The predicted molar refractivity (Wildman–Crippen MR) is 112 cm³/mol. The maximum atomic E-state index is 13.1. The minimum absolute atomic E-state index is 0.369. The molecule has 1 heterocycles. The van der Waals surface area contributed by atoms with Crippen LogP contribution in [0.15, 0.2) is 42.5 Å². The van der Waals surface area contributed by atoms with Crippen molar-refractivity contribution in [2.75, 3.05) is 18.5 Å². The van der Waals surface area contributed by atoms with Crippen molar-refractivity contribution in [3.05, 3.63) is 59.2 Å². The number of urea groups is 1. The second-order valence-electron chi connectivity index (χ2n) is 7.76. The lowest BCUT2D eigenvalue weighted by Gasteiger charge is -2.23. The van der Waals surface area contributed by atoms with Crippen molar-refractivity contribution in [3.63, 3.8) is 0 Å². The number of fused-ring (bicyclic) bond motifs is 1. The Kier molecular flexibility index (Phi) is 5.20. The molecule has 0 radical (unpaired) electrons. The number of nitrogens with zero attached hydrogens (tertiary/aromatic N) is 1. The highest BCUT2D eigenvalue weighted by atomic mass is 16.5. The van der Waals surface area contributed by atoms with Gasteiger partial charge in [-0.05, 0) is 61.9 Å². The van der Waals surface area contributed by atoms with Crippen molar-refractivity contribution in [1.82, 2.24) is 10.2 Å². The maximum absolute atomic E-state index is 13.1. The Bertz CT molecular complexity index is 1020. The third-order valence-corrected chi connectivity index (χ3v) is 5.71. The van der Waals surface area contributed by atoms with Crippen LogP contribution in [-0.4, -0.2) is 35.9 Å². The number of hydrogen-bond acceptors (Lipinski definition) is 4. The van der Waals surface area contributed by atoms with Gasteiger partial charge in [-0.1, -0.05) is 30.3 Å². The van der Waals surface area contributed by atoms with E-state index in [1.54, 1.807) is 31.2 Å². The Hall–Kier alpha value is -3.35. The summed E-state index contributed by atoms with van der Waals surface area (Å²) in [4.78, 5) is 39.2. The summed E-state index contributed by atoms with van der Waals surface area (Å²) in [6.45, 7) is 3.63. The van der Waals surface area contributed by atoms with Crippen molar-refractivity contribution < 1.29 is 19.1 Å². The van der Waals surface area contributed by atoms with E-state index in [0.717, 1.165) is 29.7 Å². The van der Waals surface area contributed by atoms with Gasteiger partial charge in [0.1, 0.15) is 17.8 Å². The first-order valence-corrected chi connectivity index (χ1v) is 10.2. The third kappa shape index (κ3) is 3.51. The van der Waals surface area contributed by atoms with Gasteiger partial charge in [0, 0.05) is 0 Å². The van der Waals surface area contributed by atoms with Gasteiger partial charge in [-0.25, -0.2) is 4.79 Å². The molecule has 0 spiro atoms. The normalized spacial score (nSPS) is 20.1. The van der Waals surface area contributed by atoms with E-state index >= 15 is 0 Å². The summed E-state index contributed by atoms with van der Waals surface area (Å²) in [6, 6.07) is 12.4. The zero-order chi connectivity index (χ0) is 21.3. The number of anilines is 1. The molecule has 0 bridgehead atoms. The molecule has 2 aromatic carbocycles. The Morgan fingerprint density at radius 3 is 2.73 bits per heavy atom. The van der Waals surface area contributed by atoms with Crippen molar-refractivity contribution in [2.45, 2.75) is 38.6 Å². The second-order valence-corrected chi connectivity index (χ2v) is 7.76.